The van der Waals surface area contributed by atoms with Gasteiger partial charge in [-0.15, -0.1) is 0 Å². The highest BCUT2D eigenvalue weighted by Gasteiger charge is 2.36. The van der Waals surface area contributed by atoms with Crippen molar-refractivity contribution in [3.05, 3.63) is 45.5 Å². The first-order chi connectivity index (χ1) is 12.5. The van der Waals surface area contributed by atoms with Crippen molar-refractivity contribution in [1.29, 1.82) is 0 Å². The molecule has 1 amide bonds. The van der Waals surface area contributed by atoms with Gasteiger partial charge in [0, 0.05) is 31.1 Å². The number of benzene rings is 1. The maximum atomic E-state index is 12.8. The van der Waals surface area contributed by atoms with Gasteiger partial charge in [-0.2, -0.15) is 0 Å². The molecule has 1 aromatic carbocycles. The van der Waals surface area contributed by atoms with E-state index in [1.807, 2.05) is 30.9 Å². The number of hydrogen-bond donors (Lipinski definition) is 0. The van der Waals surface area contributed by atoms with E-state index in [0.717, 1.165) is 18.4 Å². The molecule has 3 rings (SSSR count). The number of nitro groups is 1. The number of rotatable bonds is 5. The number of hydrazone groups is 1. The van der Waals surface area contributed by atoms with Crippen LogP contribution < -0.4 is 0 Å². The summed E-state index contributed by atoms with van der Waals surface area (Å²) in [4.78, 5) is 27.1. The second-order valence-corrected chi connectivity index (χ2v) is 6.84. The van der Waals surface area contributed by atoms with E-state index in [4.69, 9.17) is 4.74 Å². The first-order valence-corrected chi connectivity index (χ1v) is 8.98. The zero-order valence-corrected chi connectivity index (χ0v) is 15.1. The van der Waals surface area contributed by atoms with Gasteiger partial charge in [0.1, 0.15) is 5.10 Å². The fourth-order valence-electron chi connectivity index (χ4n) is 3.53. The molecule has 0 N–H and O–H groups in total. The number of carbonyl (C=O) groups is 1. The molecule has 2 unspecified atom stereocenters. The predicted octanol–water partition coefficient (Wildman–Crippen LogP) is 1.98. The number of ether oxygens (including phenoxy) is 1. The fourth-order valence-corrected chi connectivity index (χ4v) is 3.53. The fraction of sp³-hybridized carbons (Fsp3) is 0.556. The molecule has 26 heavy (non-hydrogen) atoms. The minimum absolute atomic E-state index is 0.124. The molecule has 8 nitrogen and oxygen atoms in total. The van der Waals surface area contributed by atoms with E-state index in [1.54, 1.807) is 12.1 Å². The van der Waals surface area contributed by atoms with E-state index in [9.17, 15) is 14.9 Å². The van der Waals surface area contributed by atoms with Crippen LogP contribution >= 0.6 is 0 Å². The van der Waals surface area contributed by atoms with E-state index >= 15 is 0 Å². The van der Waals surface area contributed by atoms with Crippen LogP contribution in [0.2, 0.25) is 0 Å². The highest BCUT2D eigenvalue weighted by atomic mass is 16.7. The zero-order valence-electron chi connectivity index (χ0n) is 15.1. The van der Waals surface area contributed by atoms with E-state index in [-0.39, 0.29) is 18.0 Å². The van der Waals surface area contributed by atoms with Gasteiger partial charge in [0.25, 0.3) is 11.9 Å². The summed E-state index contributed by atoms with van der Waals surface area (Å²) < 4.78 is 5.58. The number of nitrogens with zero attached hydrogens (tertiary/aromatic N) is 4. The molecule has 0 saturated carbocycles. The third-order valence-corrected chi connectivity index (χ3v) is 4.90. The van der Waals surface area contributed by atoms with Crippen molar-refractivity contribution in [2.24, 2.45) is 11.0 Å². The van der Waals surface area contributed by atoms with Crippen LogP contribution in [0.3, 0.4) is 0 Å². The van der Waals surface area contributed by atoms with Crippen molar-refractivity contribution in [2.75, 3.05) is 26.2 Å². The Morgan fingerprint density at radius 2 is 2.08 bits per heavy atom. The average Bonchev–Trinajstić information content (AvgIpc) is 3.21. The molecule has 8 heteroatoms. The Morgan fingerprint density at radius 3 is 2.65 bits per heavy atom. The van der Waals surface area contributed by atoms with Gasteiger partial charge in [-0.3, -0.25) is 9.69 Å². The van der Waals surface area contributed by atoms with Gasteiger partial charge in [0.2, 0.25) is 0 Å². The lowest BCUT2D eigenvalue weighted by molar-refractivity contribution is -0.486. The monoisotopic (exact) mass is 360 g/mol. The van der Waals surface area contributed by atoms with Gasteiger partial charge in [0.05, 0.1) is 12.7 Å². The van der Waals surface area contributed by atoms with E-state index in [2.05, 4.69) is 5.10 Å². The number of amides is 1. The highest BCUT2D eigenvalue weighted by molar-refractivity contribution is 6.06. The molecule has 0 bridgehead atoms. The Balaban J connectivity index is 1.77. The lowest BCUT2D eigenvalue weighted by Gasteiger charge is -2.22. The van der Waals surface area contributed by atoms with Gasteiger partial charge >= 0.3 is 0 Å². The Labute approximate surface area is 152 Å². The van der Waals surface area contributed by atoms with Crippen LogP contribution in [-0.4, -0.2) is 59.0 Å². The third-order valence-electron chi connectivity index (χ3n) is 4.90. The summed E-state index contributed by atoms with van der Waals surface area (Å²) >= 11 is 0. The van der Waals surface area contributed by atoms with Crippen LogP contribution in [0.1, 0.15) is 36.2 Å². The molecule has 1 aromatic rings. The van der Waals surface area contributed by atoms with Gasteiger partial charge in [-0.1, -0.05) is 19.1 Å². The Kier molecular flexibility index (Phi) is 5.51. The van der Waals surface area contributed by atoms with E-state index in [1.165, 1.54) is 4.90 Å². The quantitative estimate of drug-likeness (QED) is 0.592. The van der Waals surface area contributed by atoms with E-state index < -0.39 is 5.03 Å². The third kappa shape index (κ3) is 4.01. The van der Waals surface area contributed by atoms with Crippen LogP contribution in [0, 0.1) is 16.0 Å². The average molecular weight is 360 g/mol. The van der Waals surface area contributed by atoms with Crippen LogP contribution in [0.25, 0.3) is 0 Å². The summed E-state index contributed by atoms with van der Waals surface area (Å²) in [6, 6.07) is 7.34. The summed E-state index contributed by atoms with van der Waals surface area (Å²) in [6.07, 6.45) is 2.00. The summed E-state index contributed by atoms with van der Waals surface area (Å²) in [7, 11) is 0. The second kappa shape index (κ2) is 7.82. The summed E-state index contributed by atoms with van der Waals surface area (Å²) in [5.74, 6) is 0.159. The Bertz CT molecular complexity index is 704. The molecule has 0 spiro atoms. The van der Waals surface area contributed by atoms with Crippen molar-refractivity contribution < 1.29 is 14.6 Å². The molecular formula is C18H24N4O4. The van der Waals surface area contributed by atoms with Crippen LogP contribution in [-0.2, 0) is 11.2 Å². The van der Waals surface area contributed by atoms with Crippen molar-refractivity contribution >= 4 is 11.9 Å². The first kappa shape index (κ1) is 18.3. The molecule has 2 aliphatic heterocycles. The number of hydrogen-bond acceptors (Lipinski definition) is 4. The molecule has 2 saturated heterocycles. The molecule has 0 radical (unpaired) electrons. The largest absolute Gasteiger partial charge is 0.378 e. The minimum atomic E-state index is -0.734. The zero-order chi connectivity index (χ0) is 18.7. The number of aryl methyl sites for hydroxylation is 1. The second-order valence-electron chi connectivity index (χ2n) is 6.84. The summed E-state index contributed by atoms with van der Waals surface area (Å²) in [5.41, 5.74) is 1.65. The van der Waals surface area contributed by atoms with Crippen molar-refractivity contribution in [2.45, 2.75) is 32.8 Å². The molecule has 2 atom stereocenters. The molecule has 0 aromatic heterocycles. The van der Waals surface area contributed by atoms with Crippen LogP contribution in [0.5, 0.6) is 0 Å². The Morgan fingerprint density at radius 1 is 1.35 bits per heavy atom. The predicted molar refractivity (Wildman–Crippen MR) is 96.4 cm³/mol. The topological polar surface area (TPSA) is 88.3 Å². The summed E-state index contributed by atoms with van der Waals surface area (Å²) in [5, 5.41) is 13.8. The maximum Gasteiger partial charge on any atom is 0.281 e. The van der Waals surface area contributed by atoms with Crippen LogP contribution in [0.4, 0.5) is 0 Å². The maximum absolute atomic E-state index is 12.8. The molecule has 2 fully saturated rings. The van der Waals surface area contributed by atoms with Crippen molar-refractivity contribution in [3.63, 3.8) is 0 Å². The number of guanidine groups is 1. The normalized spacial score (nSPS) is 24.5. The number of carbonyl (C=O) groups excluding carboxylic acids is 1. The lowest BCUT2D eigenvalue weighted by atomic mass is 10.1. The van der Waals surface area contributed by atoms with Gasteiger partial charge in [-0.25, -0.2) is 10.1 Å². The molecule has 0 aliphatic carbocycles. The Hall–Kier alpha value is -2.48. The molecule has 140 valence electrons. The first-order valence-electron chi connectivity index (χ1n) is 8.98. The standard InChI is InChI=1S/C18H24N4O4/c1-3-14-4-6-16(7-5-14)17(23)21-9-8-20(18(21)19-22(24)25)11-15-10-13(2)26-12-15/h4-7,13,15H,3,8-12H2,1-2H3. The SMILES string of the molecule is CCc1ccc(C(=O)N2CCN(CC3COC(C)C3)C2=N[N+](=O)[O-])cc1. The van der Waals surface area contributed by atoms with Gasteiger partial charge < -0.3 is 9.64 Å². The summed E-state index contributed by atoms with van der Waals surface area (Å²) in [6.45, 7) is 6.24. The highest BCUT2D eigenvalue weighted by Crippen LogP contribution is 2.23. The smallest absolute Gasteiger partial charge is 0.281 e. The molecule has 2 aliphatic rings. The minimum Gasteiger partial charge on any atom is -0.378 e. The van der Waals surface area contributed by atoms with Gasteiger partial charge in [0.15, 0.2) is 5.03 Å². The van der Waals surface area contributed by atoms with E-state index in [0.29, 0.717) is 37.7 Å². The lowest BCUT2D eigenvalue weighted by Crippen LogP contribution is -2.40. The molecule has 2 heterocycles. The van der Waals surface area contributed by atoms with Crippen LogP contribution in [0.15, 0.2) is 29.4 Å². The van der Waals surface area contributed by atoms with Crippen molar-refractivity contribution in [1.82, 2.24) is 9.80 Å². The van der Waals surface area contributed by atoms with Crippen molar-refractivity contribution in [3.8, 4) is 0 Å². The van der Waals surface area contributed by atoms with Gasteiger partial charge in [-0.05, 0) is 37.5 Å². The molecular weight excluding hydrogens is 336 g/mol.